The molecule has 0 aromatic heterocycles. The van der Waals surface area contributed by atoms with Crippen LogP contribution >= 0.6 is 11.8 Å². The molecule has 1 N–H and O–H groups in total. The largest absolute Gasteiger partial charge is 0.489 e. The molecule has 3 atom stereocenters. The summed E-state index contributed by atoms with van der Waals surface area (Å²) in [4.78, 5) is 40.0. The number of Topliss-reactive ketones (excluding diaryl/α,β-unsaturated/α-hetero) is 1. The lowest BCUT2D eigenvalue weighted by molar-refractivity contribution is -0.151. The third kappa shape index (κ3) is 6.38. The van der Waals surface area contributed by atoms with Crippen molar-refractivity contribution in [2.24, 2.45) is 11.8 Å². The number of hydrogen-bond acceptors (Lipinski definition) is 8. The number of rotatable bonds is 10. The van der Waals surface area contributed by atoms with Crippen LogP contribution in [0.1, 0.15) is 44.2 Å². The second-order valence-corrected chi connectivity index (χ2v) is 11.1. The van der Waals surface area contributed by atoms with E-state index < -0.39 is 23.8 Å². The lowest BCUT2D eigenvalue weighted by atomic mass is 9.69. The molecule has 0 radical (unpaired) electrons. The minimum absolute atomic E-state index is 0.246. The van der Waals surface area contributed by atoms with Gasteiger partial charge in [-0.05, 0) is 48.3 Å². The molecule has 0 bridgehead atoms. The molecule has 206 valence electrons. The summed E-state index contributed by atoms with van der Waals surface area (Å²) in [6, 6.07) is 17.3. The van der Waals surface area contributed by atoms with Crippen molar-refractivity contribution in [2.75, 3.05) is 25.2 Å². The van der Waals surface area contributed by atoms with Gasteiger partial charge in [0.2, 0.25) is 0 Å². The maximum Gasteiger partial charge on any atom is 0.336 e. The molecule has 2 aliphatic rings. The van der Waals surface area contributed by atoms with Crippen LogP contribution in [0.25, 0.3) is 0 Å². The van der Waals surface area contributed by atoms with Gasteiger partial charge in [0.25, 0.3) is 0 Å². The van der Waals surface area contributed by atoms with Crippen LogP contribution in [0.15, 0.2) is 77.1 Å². The molecular formula is C31H35NO6S. The first-order chi connectivity index (χ1) is 18.8. The monoisotopic (exact) mass is 549 g/mol. The molecule has 0 saturated carbocycles. The first kappa shape index (κ1) is 28.5. The average Bonchev–Trinajstić information content (AvgIpc) is 2.94. The number of nitrogens with one attached hydrogen (secondary N) is 1. The Bertz CT molecular complexity index is 1280. The normalized spacial score (nSPS) is 20.7. The number of hydrogen-bond donors (Lipinski definition) is 1. The maximum absolute atomic E-state index is 13.9. The number of dihydropyridines is 1. The predicted molar refractivity (Wildman–Crippen MR) is 151 cm³/mol. The van der Waals surface area contributed by atoms with Crippen molar-refractivity contribution in [3.63, 3.8) is 0 Å². The van der Waals surface area contributed by atoms with Crippen molar-refractivity contribution >= 4 is 29.5 Å². The zero-order valence-corrected chi connectivity index (χ0v) is 23.6. The van der Waals surface area contributed by atoms with Crippen molar-refractivity contribution in [1.29, 1.82) is 0 Å². The van der Waals surface area contributed by atoms with E-state index in [1.807, 2.05) is 68.4 Å². The fourth-order valence-corrected chi connectivity index (χ4v) is 5.71. The number of methoxy groups -OCH3 is 1. The lowest BCUT2D eigenvalue weighted by Gasteiger charge is -2.38. The van der Waals surface area contributed by atoms with E-state index in [0.717, 1.165) is 22.6 Å². The summed E-state index contributed by atoms with van der Waals surface area (Å²) in [6.45, 7) is 6.39. The highest BCUT2D eigenvalue weighted by Gasteiger charge is 2.47. The van der Waals surface area contributed by atoms with Crippen molar-refractivity contribution in [3.8, 4) is 5.75 Å². The van der Waals surface area contributed by atoms with E-state index in [1.54, 1.807) is 11.8 Å². The summed E-state index contributed by atoms with van der Waals surface area (Å²) in [5.74, 6) is -1.04. The summed E-state index contributed by atoms with van der Waals surface area (Å²) in [6.07, 6.45) is 0.481. The van der Waals surface area contributed by atoms with Crippen LogP contribution in [0.2, 0.25) is 0 Å². The van der Waals surface area contributed by atoms with E-state index >= 15 is 0 Å². The molecule has 0 spiro atoms. The minimum atomic E-state index is -0.938. The standard InChI is InChI=1S/C31H35NO6S/c1-5-39-15-14-37-31(35)26-20(3)32-24-16-19(2)25(30(34)36-4)29(33)28(24)27(26)22-12-9-13-23(17-22)38-18-21-10-7-6-8-11-21/h6-13,17,19,25,27,32H,5,14-16,18H2,1-4H3/t19-,25+,27+/m1/s1. The topological polar surface area (TPSA) is 90.9 Å². The van der Waals surface area contributed by atoms with Gasteiger partial charge < -0.3 is 19.5 Å². The van der Waals surface area contributed by atoms with Gasteiger partial charge in [-0.25, -0.2) is 4.79 Å². The van der Waals surface area contributed by atoms with Crippen LogP contribution in [0.3, 0.4) is 0 Å². The Balaban J connectivity index is 1.73. The van der Waals surface area contributed by atoms with Crippen molar-refractivity contribution < 1.29 is 28.6 Å². The second kappa shape index (κ2) is 13.0. The minimum Gasteiger partial charge on any atom is -0.489 e. The number of ketones is 1. The lowest BCUT2D eigenvalue weighted by Crippen LogP contribution is -2.43. The SMILES string of the molecule is CCSCCOC(=O)C1=C(C)NC2=C(C(=O)[C@@H](C(=O)OC)[C@H](C)C2)[C@H]1c1cccc(OCc2ccccc2)c1. The molecule has 8 heteroatoms. The third-order valence-corrected chi connectivity index (χ3v) is 7.93. The van der Waals surface area contributed by atoms with E-state index in [2.05, 4.69) is 12.2 Å². The Morgan fingerprint density at radius 3 is 2.59 bits per heavy atom. The van der Waals surface area contributed by atoms with Gasteiger partial charge in [-0.2, -0.15) is 11.8 Å². The zero-order chi connectivity index (χ0) is 27.9. The van der Waals surface area contributed by atoms with E-state index in [0.29, 0.717) is 41.4 Å². The fraction of sp³-hybridized carbons (Fsp3) is 0.387. The summed E-state index contributed by atoms with van der Waals surface area (Å²) in [5.41, 5.74) is 3.88. The van der Waals surface area contributed by atoms with Gasteiger partial charge in [0, 0.05) is 28.6 Å². The number of thioether (sulfide) groups is 1. The molecular weight excluding hydrogens is 514 g/mol. The highest BCUT2D eigenvalue weighted by molar-refractivity contribution is 7.99. The summed E-state index contributed by atoms with van der Waals surface area (Å²) in [7, 11) is 1.29. The Labute approximate surface area is 234 Å². The Morgan fingerprint density at radius 2 is 1.87 bits per heavy atom. The third-order valence-electron chi connectivity index (χ3n) is 7.07. The van der Waals surface area contributed by atoms with E-state index in [1.165, 1.54) is 7.11 Å². The quantitative estimate of drug-likeness (QED) is 0.247. The summed E-state index contributed by atoms with van der Waals surface area (Å²) < 4.78 is 16.7. The first-order valence-corrected chi connectivity index (χ1v) is 14.4. The van der Waals surface area contributed by atoms with Crippen LogP contribution in [-0.4, -0.2) is 42.9 Å². The maximum atomic E-state index is 13.9. The molecule has 1 aliphatic heterocycles. The molecule has 2 aromatic carbocycles. The molecule has 0 amide bonds. The van der Waals surface area contributed by atoms with Crippen LogP contribution in [0.4, 0.5) is 0 Å². The molecule has 4 rings (SSSR count). The number of allylic oxidation sites excluding steroid dienone is 3. The Hall–Kier alpha value is -3.52. The van der Waals surface area contributed by atoms with Gasteiger partial charge in [0.1, 0.15) is 24.9 Å². The smallest absolute Gasteiger partial charge is 0.336 e. The predicted octanol–water partition coefficient (Wildman–Crippen LogP) is 5.17. The fourth-order valence-electron chi connectivity index (χ4n) is 5.22. The second-order valence-electron chi connectivity index (χ2n) is 9.72. The highest BCUT2D eigenvalue weighted by atomic mass is 32.2. The molecule has 1 heterocycles. The highest BCUT2D eigenvalue weighted by Crippen LogP contribution is 2.46. The van der Waals surface area contributed by atoms with Crippen molar-refractivity contribution in [2.45, 2.75) is 39.7 Å². The molecule has 2 aromatic rings. The molecule has 39 heavy (non-hydrogen) atoms. The number of esters is 2. The van der Waals surface area contributed by atoms with Gasteiger partial charge in [0.05, 0.1) is 12.7 Å². The molecule has 7 nitrogen and oxygen atoms in total. The van der Waals surface area contributed by atoms with Gasteiger partial charge >= 0.3 is 11.9 Å². The van der Waals surface area contributed by atoms with Crippen molar-refractivity contribution in [1.82, 2.24) is 5.32 Å². The summed E-state index contributed by atoms with van der Waals surface area (Å²) in [5, 5.41) is 3.30. The van der Waals surface area contributed by atoms with E-state index in [4.69, 9.17) is 14.2 Å². The molecule has 0 fully saturated rings. The van der Waals surface area contributed by atoms with Gasteiger partial charge in [0.15, 0.2) is 5.78 Å². The molecule has 1 aliphatic carbocycles. The van der Waals surface area contributed by atoms with Crippen LogP contribution in [0, 0.1) is 11.8 Å². The number of carbonyl (C=O) groups is 3. The van der Waals surface area contributed by atoms with Gasteiger partial charge in [-0.1, -0.05) is 56.3 Å². The average molecular weight is 550 g/mol. The first-order valence-electron chi connectivity index (χ1n) is 13.2. The Morgan fingerprint density at radius 1 is 1.10 bits per heavy atom. The van der Waals surface area contributed by atoms with Gasteiger partial charge in [-0.3, -0.25) is 9.59 Å². The van der Waals surface area contributed by atoms with E-state index in [9.17, 15) is 14.4 Å². The number of benzene rings is 2. The van der Waals surface area contributed by atoms with Gasteiger partial charge in [-0.15, -0.1) is 0 Å². The Kier molecular flexibility index (Phi) is 9.51. The van der Waals surface area contributed by atoms with Crippen LogP contribution < -0.4 is 10.1 Å². The van der Waals surface area contributed by atoms with Crippen molar-refractivity contribution in [3.05, 3.63) is 88.3 Å². The van der Waals surface area contributed by atoms with Crippen LogP contribution in [-0.2, 0) is 30.5 Å². The summed E-state index contributed by atoms with van der Waals surface area (Å²) >= 11 is 1.68. The molecule has 0 unspecified atom stereocenters. The number of ether oxygens (including phenoxy) is 3. The molecule has 0 saturated heterocycles. The van der Waals surface area contributed by atoms with E-state index in [-0.39, 0.29) is 18.3 Å². The number of carbonyl (C=O) groups excluding carboxylic acids is 3. The van der Waals surface area contributed by atoms with Crippen LogP contribution in [0.5, 0.6) is 5.75 Å². The zero-order valence-electron chi connectivity index (χ0n) is 22.8.